The Morgan fingerprint density at radius 2 is 1.73 bits per heavy atom. The molecule has 1 aromatic rings. The molecule has 0 bridgehead atoms. The summed E-state index contributed by atoms with van der Waals surface area (Å²) in [5.74, 6) is -0.354. The minimum atomic E-state index is -0.667. The predicted molar refractivity (Wildman–Crippen MR) is 99.4 cm³/mol. The number of nitrogens with one attached hydrogen (secondary N) is 1. The Morgan fingerprint density at radius 1 is 1.08 bits per heavy atom. The van der Waals surface area contributed by atoms with Gasteiger partial charge in [-0.25, -0.2) is 4.79 Å². The molecule has 0 fully saturated rings. The van der Waals surface area contributed by atoms with E-state index in [1.807, 2.05) is 31.2 Å². The van der Waals surface area contributed by atoms with E-state index in [4.69, 9.17) is 14.2 Å². The molecule has 0 aliphatic carbocycles. The van der Waals surface area contributed by atoms with Crippen molar-refractivity contribution in [2.75, 3.05) is 19.8 Å². The lowest BCUT2D eigenvalue weighted by Gasteiger charge is -2.13. The number of esters is 1. The minimum Gasteiger partial charge on any atom is -0.454 e. The highest BCUT2D eigenvalue weighted by Gasteiger charge is 2.16. The molecule has 0 aliphatic heterocycles. The summed E-state index contributed by atoms with van der Waals surface area (Å²) >= 11 is 0. The average Bonchev–Trinajstić information content (AvgIpc) is 2.63. The number of ether oxygens (including phenoxy) is 3. The Morgan fingerprint density at radius 3 is 2.35 bits per heavy atom. The second kappa shape index (κ2) is 12.4. The lowest BCUT2D eigenvalue weighted by atomic mass is 10.1. The number of hydrogen-bond acceptors (Lipinski definition) is 5. The van der Waals surface area contributed by atoms with Crippen molar-refractivity contribution in [2.45, 2.75) is 53.4 Å². The third-order valence-corrected chi connectivity index (χ3v) is 3.73. The maximum atomic E-state index is 11.8. The van der Waals surface area contributed by atoms with Crippen LogP contribution in [0, 0.1) is 5.92 Å². The van der Waals surface area contributed by atoms with Gasteiger partial charge in [0.2, 0.25) is 0 Å². The Hall–Kier alpha value is -1.92. The quantitative estimate of drug-likeness (QED) is 0.577. The first-order valence-electron chi connectivity index (χ1n) is 9.12. The number of hydrogen-bond donors (Lipinski definition) is 1. The van der Waals surface area contributed by atoms with Gasteiger partial charge in [0.15, 0.2) is 12.7 Å². The molecule has 1 unspecified atom stereocenters. The molecule has 1 aromatic carbocycles. The van der Waals surface area contributed by atoms with E-state index in [0.717, 1.165) is 17.5 Å². The van der Waals surface area contributed by atoms with Gasteiger partial charge in [0.25, 0.3) is 5.91 Å². The van der Waals surface area contributed by atoms with Gasteiger partial charge in [-0.05, 0) is 37.3 Å². The Labute approximate surface area is 156 Å². The highest BCUT2D eigenvalue weighted by Crippen LogP contribution is 2.06. The molecular weight excluding hydrogens is 334 g/mol. The molecular formula is C20H31NO5. The third-order valence-electron chi connectivity index (χ3n) is 3.73. The zero-order valence-electron chi connectivity index (χ0n) is 16.2. The molecule has 1 rings (SSSR count). The van der Waals surface area contributed by atoms with Crippen LogP contribution >= 0.6 is 0 Å². The van der Waals surface area contributed by atoms with Crippen molar-refractivity contribution >= 4 is 11.9 Å². The highest BCUT2D eigenvalue weighted by atomic mass is 16.6. The van der Waals surface area contributed by atoms with E-state index < -0.39 is 12.1 Å². The summed E-state index contributed by atoms with van der Waals surface area (Å²) in [6.07, 6.45) is 0.209. The zero-order chi connectivity index (χ0) is 19.4. The molecule has 26 heavy (non-hydrogen) atoms. The summed E-state index contributed by atoms with van der Waals surface area (Å²) in [5, 5.41) is 2.73. The molecule has 1 atom stereocenters. The SMILES string of the molecule is CCOCc1ccc(CNC(=O)COC(=O)C(C)OCCC(C)C)cc1. The van der Waals surface area contributed by atoms with Crippen molar-refractivity contribution < 1.29 is 23.8 Å². The summed E-state index contributed by atoms with van der Waals surface area (Å²) in [6.45, 7) is 9.59. The van der Waals surface area contributed by atoms with E-state index >= 15 is 0 Å². The monoisotopic (exact) mass is 365 g/mol. The Bertz CT molecular complexity index is 542. The maximum absolute atomic E-state index is 11.8. The molecule has 0 aliphatic rings. The number of carbonyl (C=O) groups excluding carboxylic acids is 2. The second-order valence-corrected chi connectivity index (χ2v) is 6.53. The van der Waals surface area contributed by atoms with Crippen LogP contribution in [-0.2, 0) is 37.0 Å². The zero-order valence-corrected chi connectivity index (χ0v) is 16.2. The lowest BCUT2D eigenvalue weighted by molar-refractivity contribution is -0.159. The summed E-state index contributed by atoms with van der Waals surface area (Å²) < 4.78 is 15.7. The molecule has 0 radical (unpaired) electrons. The van der Waals surface area contributed by atoms with E-state index in [1.165, 1.54) is 0 Å². The van der Waals surface area contributed by atoms with Crippen molar-refractivity contribution in [3.63, 3.8) is 0 Å². The van der Waals surface area contributed by atoms with Crippen LogP contribution < -0.4 is 5.32 Å². The third kappa shape index (κ3) is 9.53. The van der Waals surface area contributed by atoms with E-state index in [9.17, 15) is 9.59 Å². The van der Waals surface area contributed by atoms with Crippen molar-refractivity contribution in [3.8, 4) is 0 Å². The molecule has 0 heterocycles. The van der Waals surface area contributed by atoms with Crippen LogP contribution in [0.5, 0.6) is 0 Å². The molecule has 0 saturated heterocycles. The van der Waals surface area contributed by atoms with Crippen LogP contribution in [-0.4, -0.2) is 37.8 Å². The summed E-state index contributed by atoms with van der Waals surface area (Å²) in [4.78, 5) is 23.6. The van der Waals surface area contributed by atoms with Gasteiger partial charge in [-0.15, -0.1) is 0 Å². The minimum absolute atomic E-state index is 0.306. The second-order valence-electron chi connectivity index (χ2n) is 6.53. The standard InChI is InChI=1S/C20H31NO5/c1-5-24-13-18-8-6-17(7-9-18)12-21-19(22)14-26-20(23)16(4)25-11-10-15(2)3/h6-9,15-16H,5,10-14H2,1-4H3,(H,21,22). The topological polar surface area (TPSA) is 73.9 Å². The Balaban J connectivity index is 2.24. The molecule has 0 saturated carbocycles. The fraction of sp³-hybridized carbons (Fsp3) is 0.600. The largest absolute Gasteiger partial charge is 0.454 e. The number of benzene rings is 1. The molecule has 0 aromatic heterocycles. The van der Waals surface area contributed by atoms with Crippen LogP contribution in [0.15, 0.2) is 24.3 Å². The van der Waals surface area contributed by atoms with Crippen LogP contribution in [0.2, 0.25) is 0 Å². The van der Waals surface area contributed by atoms with Gasteiger partial charge in [0.1, 0.15) is 0 Å². The summed E-state index contributed by atoms with van der Waals surface area (Å²) in [7, 11) is 0. The van der Waals surface area contributed by atoms with Gasteiger partial charge in [-0.1, -0.05) is 38.1 Å². The van der Waals surface area contributed by atoms with Crippen molar-refractivity contribution in [1.29, 1.82) is 0 Å². The highest BCUT2D eigenvalue weighted by molar-refractivity contribution is 5.81. The number of carbonyl (C=O) groups is 2. The van der Waals surface area contributed by atoms with Crippen molar-refractivity contribution in [1.82, 2.24) is 5.32 Å². The van der Waals surface area contributed by atoms with Gasteiger partial charge in [0, 0.05) is 19.8 Å². The van der Waals surface area contributed by atoms with Crippen molar-refractivity contribution in [2.24, 2.45) is 5.92 Å². The Kier molecular flexibility index (Phi) is 10.6. The number of rotatable bonds is 12. The fourth-order valence-electron chi connectivity index (χ4n) is 2.03. The summed E-state index contributed by atoms with van der Waals surface area (Å²) in [6, 6.07) is 7.80. The van der Waals surface area contributed by atoms with Crippen LogP contribution in [0.4, 0.5) is 0 Å². The molecule has 1 N–H and O–H groups in total. The van der Waals surface area contributed by atoms with Gasteiger partial charge in [0.05, 0.1) is 6.61 Å². The normalized spacial score (nSPS) is 12.0. The first-order chi connectivity index (χ1) is 12.4. The van der Waals surface area contributed by atoms with Crippen molar-refractivity contribution in [3.05, 3.63) is 35.4 Å². The van der Waals surface area contributed by atoms with Crippen LogP contribution in [0.3, 0.4) is 0 Å². The van der Waals surface area contributed by atoms with E-state index in [1.54, 1.807) is 6.92 Å². The summed E-state index contributed by atoms with van der Waals surface area (Å²) in [5.41, 5.74) is 2.05. The average molecular weight is 365 g/mol. The smallest absolute Gasteiger partial charge is 0.335 e. The van der Waals surface area contributed by atoms with Gasteiger partial charge in [-0.2, -0.15) is 0 Å². The van der Waals surface area contributed by atoms with Crippen LogP contribution in [0.1, 0.15) is 45.2 Å². The maximum Gasteiger partial charge on any atom is 0.335 e. The van der Waals surface area contributed by atoms with Gasteiger partial charge >= 0.3 is 5.97 Å². The van der Waals surface area contributed by atoms with Gasteiger partial charge < -0.3 is 19.5 Å². The first-order valence-corrected chi connectivity index (χ1v) is 9.12. The first kappa shape index (κ1) is 22.1. The number of amides is 1. The fourth-order valence-corrected chi connectivity index (χ4v) is 2.03. The van der Waals surface area contributed by atoms with Crippen LogP contribution in [0.25, 0.3) is 0 Å². The van der Waals surface area contributed by atoms with Gasteiger partial charge in [-0.3, -0.25) is 4.79 Å². The van der Waals surface area contributed by atoms with E-state index in [2.05, 4.69) is 19.2 Å². The van der Waals surface area contributed by atoms with E-state index in [0.29, 0.717) is 32.3 Å². The molecule has 146 valence electrons. The molecule has 0 spiro atoms. The molecule has 1 amide bonds. The van der Waals surface area contributed by atoms with E-state index in [-0.39, 0.29) is 12.5 Å². The lowest BCUT2D eigenvalue weighted by Crippen LogP contribution is -2.31. The predicted octanol–water partition coefficient (Wildman–Crippen LogP) is 2.83. The molecule has 6 heteroatoms. The molecule has 6 nitrogen and oxygen atoms in total.